The maximum atomic E-state index is 14.3. The Hall–Kier alpha value is -4.08. The van der Waals surface area contributed by atoms with Crippen LogP contribution < -0.4 is 16.4 Å². The Bertz CT molecular complexity index is 1420. The van der Waals surface area contributed by atoms with Gasteiger partial charge in [-0.1, -0.05) is 35.9 Å². The number of rotatable bonds is 7. The molecule has 0 saturated carbocycles. The maximum Gasteiger partial charge on any atom is 0.271 e. The van der Waals surface area contributed by atoms with Gasteiger partial charge in [-0.2, -0.15) is 5.10 Å². The van der Waals surface area contributed by atoms with Gasteiger partial charge < -0.3 is 16.4 Å². The second-order valence-electron chi connectivity index (χ2n) is 8.82. The Morgan fingerprint density at radius 2 is 1.81 bits per heavy atom. The van der Waals surface area contributed by atoms with Crippen LogP contribution in [-0.2, 0) is 0 Å². The monoisotopic (exact) mass is 506 g/mol. The maximum absolute atomic E-state index is 14.3. The molecule has 10 heteroatoms. The summed E-state index contributed by atoms with van der Waals surface area (Å²) < 4.78 is 15.7. The third-order valence-electron chi connectivity index (χ3n) is 5.13. The number of carbonyl (C=O) groups is 2. The molecule has 2 heterocycles. The first kappa shape index (κ1) is 25.0. The first-order valence-electron chi connectivity index (χ1n) is 11.1. The van der Waals surface area contributed by atoms with E-state index >= 15 is 0 Å². The fraction of sp³-hybridized carbons (Fsp3) is 0.154. The van der Waals surface area contributed by atoms with Crippen molar-refractivity contribution in [3.63, 3.8) is 0 Å². The Balaban J connectivity index is 1.67. The highest BCUT2D eigenvalue weighted by atomic mass is 35.5. The number of benzene rings is 2. The molecule has 2 aromatic carbocycles. The molecule has 0 spiro atoms. The van der Waals surface area contributed by atoms with Gasteiger partial charge in [0.05, 0.1) is 16.3 Å². The number of halogens is 2. The van der Waals surface area contributed by atoms with Crippen LogP contribution in [0.15, 0.2) is 72.9 Å². The third-order valence-corrected chi connectivity index (χ3v) is 5.46. The number of pyridine rings is 1. The van der Waals surface area contributed by atoms with Crippen LogP contribution in [0, 0.1) is 5.82 Å². The Morgan fingerprint density at radius 3 is 2.50 bits per heavy atom. The van der Waals surface area contributed by atoms with Gasteiger partial charge in [-0.25, -0.2) is 9.07 Å². The molecule has 2 amide bonds. The van der Waals surface area contributed by atoms with Crippen molar-refractivity contribution in [2.24, 2.45) is 5.73 Å². The number of hydrogen-bond acceptors (Lipinski definition) is 5. The number of nitrogens with one attached hydrogen (secondary N) is 2. The molecule has 0 bridgehead atoms. The zero-order chi connectivity index (χ0) is 25.9. The van der Waals surface area contributed by atoms with E-state index in [1.165, 1.54) is 41.2 Å². The molecule has 0 atom stereocenters. The summed E-state index contributed by atoms with van der Waals surface area (Å²) in [4.78, 5) is 30.0. The summed E-state index contributed by atoms with van der Waals surface area (Å²) in [6, 6.07) is 17.8. The first-order chi connectivity index (χ1) is 17.1. The molecule has 0 aliphatic carbocycles. The van der Waals surface area contributed by atoms with E-state index in [9.17, 15) is 14.0 Å². The van der Waals surface area contributed by atoms with Crippen LogP contribution >= 0.6 is 11.6 Å². The average Bonchev–Trinajstić information content (AvgIpc) is 3.27. The minimum Gasteiger partial charge on any atom is -0.349 e. The van der Waals surface area contributed by atoms with Crippen molar-refractivity contribution in [1.82, 2.24) is 20.1 Å². The van der Waals surface area contributed by atoms with Gasteiger partial charge in [0.25, 0.3) is 11.8 Å². The molecule has 4 aromatic rings. The molecule has 8 nitrogen and oxygen atoms in total. The highest BCUT2D eigenvalue weighted by Gasteiger charge is 2.21. The number of hydrogen-bond donors (Lipinski definition) is 3. The van der Waals surface area contributed by atoms with Gasteiger partial charge in [-0.3, -0.25) is 14.6 Å². The van der Waals surface area contributed by atoms with Crippen LogP contribution in [0.2, 0.25) is 5.02 Å². The molecule has 0 unspecified atom stereocenters. The standard InChI is InChI=1S/C26H24ClFN6O2/c1-26(2,29)15-31-25(36)21-14-22(34(33-21)17-7-4-3-5-8-17)32-24(35)18-13-16(10-11-19(18)27)23-20(28)9-6-12-30-23/h3-14H,15,29H2,1-2H3,(H,31,36)(H,32,35). The Morgan fingerprint density at radius 1 is 1.06 bits per heavy atom. The van der Waals surface area contributed by atoms with Crippen LogP contribution in [0.25, 0.3) is 16.9 Å². The van der Waals surface area contributed by atoms with Gasteiger partial charge in [0, 0.05) is 29.9 Å². The van der Waals surface area contributed by atoms with Gasteiger partial charge in [-0.05, 0) is 50.2 Å². The topological polar surface area (TPSA) is 115 Å². The van der Waals surface area contributed by atoms with Crippen molar-refractivity contribution < 1.29 is 14.0 Å². The van der Waals surface area contributed by atoms with Crippen molar-refractivity contribution in [3.8, 4) is 16.9 Å². The van der Waals surface area contributed by atoms with Crippen LogP contribution in [0.3, 0.4) is 0 Å². The Labute approximate surface area is 212 Å². The summed E-state index contributed by atoms with van der Waals surface area (Å²) >= 11 is 6.31. The quantitative estimate of drug-likeness (QED) is 0.342. The fourth-order valence-corrected chi connectivity index (χ4v) is 3.58. The van der Waals surface area contributed by atoms with E-state index in [2.05, 4.69) is 20.7 Å². The summed E-state index contributed by atoms with van der Waals surface area (Å²) in [5, 5.41) is 10.1. The number of nitrogens with two attached hydrogens (primary N) is 1. The highest BCUT2D eigenvalue weighted by Crippen LogP contribution is 2.27. The second kappa shape index (κ2) is 10.3. The molecule has 2 aromatic heterocycles. The van der Waals surface area contributed by atoms with Crippen molar-refractivity contribution >= 4 is 29.2 Å². The molecule has 4 N–H and O–H groups in total. The van der Waals surface area contributed by atoms with E-state index in [0.29, 0.717) is 11.3 Å². The van der Waals surface area contributed by atoms with E-state index in [1.807, 2.05) is 6.07 Å². The largest absolute Gasteiger partial charge is 0.349 e. The van der Waals surface area contributed by atoms with Crippen LogP contribution in [0.5, 0.6) is 0 Å². The fourth-order valence-electron chi connectivity index (χ4n) is 3.37. The van der Waals surface area contributed by atoms with Crippen molar-refractivity contribution in [3.05, 3.63) is 95.0 Å². The predicted octanol–water partition coefficient (Wildman–Crippen LogP) is 4.45. The first-order valence-corrected chi connectivity index (χ1v) is 11.4. The molecule has 0 saturated heterocycles. The lowest BCUT2D eigenvalue weighted by atomic mass is 10.1. The van der Waals surface area contributed by atoms with E-state index in [4.69, 9.17) is 17.3 Å². The number of aromatic nitrogens is 3. The summed E-state index contributed by atoms with van der Waals surface area (Å²) in [7, 11) is 0. The summed E-state index contributed by atoms with van der Waals surface area (Å²) in [6.45, 7) is 3.81. The lowest BCUT2D eigenvalue weighted by molar-refractivity contribution is 0.0940. The predicted molar refractivity (Wildman–Crippen MR) is 137 cm³/mol. The minimum absolute atomic E-state index is 0.0915. The lowest BCUT2D eigenvalue weighted by Gasteiger charge is -2.18. The second-order valence-corrected chi connectivity index (χ2v) is 9.22. The van der Waals surface area contributed by atoms with E-state index in [0.717, 1.165) is 0 Å². The van der Waals surface area contributed by atoms with Crippen molar-refractivity contribution in [1.29, 1.82) is 0 Å². The normalized spacial score (nSPS) is 11.2. The molecule has 4 rings (SSSR count). The summed E-state index contributed by atoms with van der Waals surface area (Å²) in [5.41, 5.74) is 6.66. The van der Waals surface area contributed by atoms with Gasteiger partial charge in [0.15, 0.2) is 5.69 Å². The molecule has 184 valence electrons. The molecule has 0 aliphatic rings. The Kier molecular flexibility index (Phi) is 7.14. The van der Waals surface area contributed by atoms with Gasteiger partial charge in [-0.15, -0.1) is 0 Å². The van der Waals surface area contributed by atoms with E-state index in [1.54, 1.807) is 44.2 Å². The van der Waals surface area contributed by atoms with Gasteiger partial charge in [0.2, 0.25) is 0 Å². The number of carbonyl (C=O) groups excluding carboxylic acids is 2. The smallest absolute Gasteiger partial charge is 0.271 e. The summed E-state index contributed by atoms with van der Waals surface area (Å²) in [6.07, 6.45) is 1.46. The van der Waals surface area contributed by atoms with Crippen LogP contribution in [0.1, 0.15) is 34.7 Å². The van der Waals surface area contributed by atoms with Crippen molar-refractivity contribution in [2.45, 2.75) is 19.4 Å². The third kappa shape index (κ3) is 5.76. The lowest BCUT2D eigenvalue weighted by Crippen LogP contribution is -2.45. The van der Waals surface area contributed by atoms with Gasteiger partial charge in [0.1, 0.15) is 17.3 Å². The van der Waals surface area contributed by atoms with Crippen LogP contribution in [-0.4, -0.2) is 38.7 Å². The zero-order valence-electron chi connectivity index (χ0n) is 19.6. The number of nitrogens with zero attached hydrogens (tertiary/aromatic N) is 3. The molecule has 36 heavy (non-hydrogen) atoms. The summed E-state index contributed by atoms with van der Waals surface area (Å²) in [5.74, 6) is -1.28. The molecular formula is C26H24ClFN6O2. The number of anilines is 1. The van der Waals surface area contributed by atoms with Gasteiger partial charge >= 0.3 is 0 Å². The number of para-hydroxylation sites is 1. The SMILES string of the molecule is CC(C)(N)CNC(=O)c1cc(NC(=O)c2cc(-c3ncccc3F)ccc2Cl)n(-c2ccccc2)n1. The average molecular weight is 507 g/mol. The molecule has 0 aliphatic heterocycles. The van der Waals surface area contributed by atoms with Crippen LogP contribution in [0.4, 0.5) is 10.2 Å². The van der Waals surface area contributed by atoms with Crippen molar-refractivity contribution in [2.75, 3.05) is 11.9 Å². The highest BCUT2D eigenvalue weighted by molar-refractivity contribution is 6.34. The minimum atomic E-state index is -0.608. The molecule has 0 radical (unpaired) electrons. The van der Waals surface area contributed by atoms with E-state index in [-0.39, 0.29) is 34.3 Å². The number of amides is 2. The van der Waals surface area contributed by atoms with E-state index < -0.39 is 23.2 Å². The molecular weight excluding hydrogens is 483 g/mol. The zero-order valence-corrected chi connectivity index (χ0v) is 20.4. The molecule has 0 fully saturated rings.